The number of benzene rings is 3. The van der Waals surface area contributed by atoms with Crippen LogP contribution >= 0.6 is 0 Å². The van der Waals surface area contributed by atoms with Crippen LogP contribution < -0.4 is 5.32 Å². The Bertz CT molecular complexity index is 2000. The van der Waals surface area contributed by atoms with Crippen molar-refractivity contribution in [2.24, 2.45) is 0 Å². The van der Waals surface area contributed by atoms with Gasteiger partial charge in [0.25, 0.3) is 17.7 Å². The molecular formula is C45H59N7O6. The number of carbonyl (C=O) groups is 3. The van der Waals surface area contributed by atoms with E-state index < -0.39 is 6.23 Å². The monoisotopic (exact) mass is 793 g/mol. The van der Waals surface area contributed by atoms with E-state index in [9.17, 15) is 19.5 Å². The largest absolute Gasteiger partial charge is 0.383 e. The van der Waals surface area contributed by atoms with Gasteiger partial charge in [0, 0.05) is 94.0 Å². The van der Waals surface area contributed by atoms with Gasteiger partial charge in [-0.25, -0.2) is 0 Å². The molecule has 13 nitrogen and oxygen atoms in total. The number of likely N-dealkylation sites (tertiary alicyclic amines) is 2. The average Bonchev–Trinajstić information content (AvgIpc) is 3.97. The summed E-state index contributed by atoms with van der Waals surface area (Å²) in [6, 6.07) is 12.1. The lowest BCUT2D eigenvalue weighted by Crippen LogP contribution is -2.45. The maximum absolute atomic E-state index is 15.0. The van der Waals surface area contributed by atoms with Crippen LogP contribution in [-0.4, -0.2) is 170 Å². The van der Waals surface area contributed by atoms with Gasteiger partial charge in [0.1, 0.15) is 0 Å². The Morgan fingerprint density at radius 2 is 1.26 bits per heavy atom. The van der Waals surface area contributed by atoms with E-state index in [1.165, 1.54) is 30.6 Å². The number of nitrogens with zero attached hydrogens (tertiary/aromatic N) is 6. The van der Waals surface area contributed by atoms with Gasteiger partial charge < -0.3 is 29.7 Å². The highest BCUT2D eigenvalue weighted by Crippen LogP contribution is 2.48. The van der Waals surface area contributed by atoms with E-state index in [0.717, 1.165) is 89.7 Å². The Balaban J connectivity index is 1.14. The molecule has 6 aliphatic heterocycles. The third-order valence-corrected chi connectivity index (χ3v) is 13.1. The second-order valence-corrected chi connectivity index (χ2v) is 16.9. The average molecular weight is 794 g/mol. The summed E-state index contributed by atoms with van der Waals surface area (Å²) < 4.78 is 11.1. The first-order chi connectivity index (χ1) is 28.4. The minimum atomic E-state index is -1.24. The second kappa shape index (κ2) is 17.7. The number of ether oxygens (including phenoxy) is 2. The molecule has 9 rings (SSSR count). The first-order valence-corrected chi connectivity index (χ1v) is 21.9. The van der Waals surface area contributed by atoms with Gasteiger partial charge in [-0.15, -0.1) is 0 Å². The smallest absolute Gasteiger partial charge is 0.262 e. The van der Waals surface area contributed by atoms with Crippen LogP contribution in [-0.2, 0) is 16.0 Å². The third-order valence-electron chi connectivity index (χ3n) is 13.1. The summed E-state index contributed by atoms with van der Waals surface area (Å²) in [7, 11) is 0. The zero-order valence-electron chi connectivity index (χ0n) is 33.9. The molecule has 0 aromatic heterocycles. The number of hydrogen-bond donors (Lipinski definition) is 2. The standard InChI is InChI=1S/C45H59N7O6/c53-42-35-29-34(33-9-5-8-32(28-33)31-50-13-3-4-14-50)40-38-36(43(54)51(44(40)55)17-6-15-48-20-24-57-25-21-48)30-37(46-10-19-47-11-1-2-12-47)41(39(35)38)45(56)52(42)18-7-16-49-22-26-58-27-23-49/h5,8-9,28-30,42,46,53H,1-4,6-7,10-27,31H2. The van der Waals surface area contributed by atoms with Crippen molar-refractivity contribution in [3.63, 3.8) is 0 Å². The lowest BCUT2D eigenvalue weighted by Gasteiger charge is -2.38. The molecule has 3 aromatic rings. The molecule has 3 amide bonds. The highest BCUT2D eigenvalue weighted by Gasteiger charge is 2.43. The second-order valence-electron chi connectivity index (χ2n) is 16.9. The van der Waals surface area contributed by atoms with E-state index in [-0.39, 0.29) is 24.3 Å². The maximum Gasteiger partial charge on any atom is 0.262 e. The van der Waals surface area contributed by atoms with E-state index in [1.54, 1.807) is 4.90 Å². The topological polar surface area (TPSA) is 121 Å². The van der Waals surface area contributed by atoms with Gasteiger partial charge in [-0.2, -0.15) is 0 Å². The lowest BCUT2D eigenvalue weighted by molar-refractivity contribution is 0.000244. The molecule has 6 heterocycles. The number of rotatable bonds is 15. The number of nitrogens with one attached hydrogen (secondary N) is 1. The number of aliphatic hydroxyl groups is 1. The first kappa shape index (κ1) is 39.5. The number of carbonyl (C=O) groups excluding carboxylic acids is 3. The fraction of sp³-hybridized carbons (Fsp3) is 0.578. The van der Waals surface area contributed by atoms with Crippen LogP contribution in [0.15, 0.2) is 36.4 Å². The fourth-order valence-electron chi connectivity index (χ4n) is 10.0. The summed E-state index contributed by atoms with van der Waals surface area (Å²) in [5, 5.41) is 16.9. The Morgan fingerprint density at radius 3 is 1.95 bits per heavy atom. The molecule has 13 heteroatoms. The Labute approximate surface area is 341 Å². The molecule has 3 aromatic carbocycles. The normalized spacial score (nSPS) is 22.2. The van der Waals surface area contributed by atoms with Crippen LogP contribution in [0.3, 0.4) is 0 Å². The minimum Gasteiger partial charge on any atom is -0.383 e. The van der Waals surface area contributed by atoms with Crippen LogP contribution in [0, 0.1) is 0 Å². The van der Waals surface area contributed by atoms with Crippen molar-refractivity contribution in [3.05, 3.63) is 64.2 Å². The van der Waals surface area contributed by atoms with Gasteiger partial charge in [-0.1, -0.05) is 18.2 Å². The van der Waals surface area contributed by atoms with Gasteiger partial charge in [0.15, 0.2) is 6.23 Å². The van der Waals surface area contributed by atoms with Gasteiger partial charge in [-0.3, -0.25) is 34.0 Å². The van der Waals surface area contributed by atoms with E-state index in [4.69, 9.17) is 9.47 Å². The summed E-state index contributed by atoms with van der Waals surface area (Å²) in [6.07, 6.45) is 4.85. The number of imide groups is 1. The summed E-state index contributed by atoms with van der Waals surface area (Å²) >= 11 is 0. The van der Waals surface area contributed by atoms with E-state index >= 15 is 0 Å². The fourth-order valence-corrected chi connectivity index (χ4v) is 10.0. The summed E-state index contributed by atoms with van der Waals surface area (Å²) in [5.41, 5.74) is 5.12. The highest BCUT2D eigenvalue weighted by atomic mass is 16.5. The number of aliphatic hydroxyl groups excluding tert-OH is 1. The van der Waals surface area contributed by atoms with Gasteiger partial charge in [-0.05, 0) is 99.6 Å². The van der Waals surface area contributed by atoms with E-state index in [0.29, 0.717) is 96.6 Å². The molecule has 0 radical (unpaired) electrons. The first-order valence-electron chi connectivity index (χ1n) is 21.9. The number of morpholine rings is 2. The molecule has 0 aliphatic carbocycles. The number of amides is 3. The number of hydrogen-bond acceptors (Lipinski definition) is 11. The van der Waals surface area contributed by atoms with Crippen molar-refractivity contribution >= 4 is 34.2 Å². The van der Waals surface area contributed by atoms with Gasteiger partial charge in [0.2, 0.25) is 0 Å². The van der Waals surface area contributed by atoms with Crippen molar-refractivity contribution in [2.75, 3.05) is 123 Å². The predicted octanol–water partition coefficient (Wildman–Crippen LogP) is 4.10. The zero-order chi connectivity index (χ0) is 39.6. The van der Waals surface area contributed by atoms with Crippen LogP contribution in [0.1, 0.15) is 87.0 Å². The van der Waals surface area contributed by atoms with Gasteiger partial charge >= 0.3 is 0 Å². The van der Waals surface area contributed by atoms with Crippen molar-refractivity contribution in [3.8, 4) is 11.1 Å². The highest BCUT2D eigenvalue weighted by molar-refractivity contribution is 6.31. The maximum atomic E-state index is 15.0. The van der Waals surface area contributed by atoms with Crippen molar-refractivity contribution in [1.82, 2.24) is 29.4 Å². The van der Waals surface area contributed by atoms with E-state index in [2.05, 4.69) is 37.0 Å². The molecule has 6 aliphatic rings. The molecule has 4 saturated heterocycles. The molecule has 0 spiro atoms. The molecule has 0 saturated carbocycles. The Hall–Kier alpha value is -3.95. The number of anilines is 1. The van der Waals surface area contributed by atoms with Crippen LogP contribution in [0.4, 0.5) is 5.69 Å². The SMILES string of the molecule is O=C1c2cc(NCCN3CCCC3)c3c4c(cc(-c5cccc(CN6CCCC6)c5)c(c24)C(=O)N1CCCN1CCOCC1)C(O)N(CCCN1CCOCC1)C3=O. The lowest BCUT2D eigenvalue weighted by atomic mass is 9.80. The minimum absolute atomic E-state index is 0.281. The quantitative estimate of drug-likeness (QED) is 0.217. The van der Waals surface area contributed by atoms with Gasteiger partial charge in [0.05, 0.1) is 43.1 Å². The third kappa shape index (κ3) is 8.02. The van der Waals surface area contributed by atoms with Crippen molar-refractivity contribution in [2.45, 2.75) is 51.3 Å². The molecule has 2 N–H and O–H groups in total. The molecular weight excluding hydrogens is 735 g/mol. The molecule has 1 unspecified atom stereocenters. The summed E-state index contributed by atoms with van der Waals surface area (Å²) in [4.78, 5) is 57.1. The Kier molecular flexibility index (Phi) is 12.1. The van der Waals surface area contributed by atoms with Crippen molar-refractivity contribution in [1.29, 1.82) is 0 Å². The molecule has 310 valence electrons. The molecule has 0 bridgehead atoms. The predicted molar refractivity (Wildman–Crippen MR) is 223 cm³/mol. The summed E-state index contributed by atoms with van der Waals surface area (Å²) in [5.74, 6) is -0.979. The Morgan fingerprint density at radius 1 is 0.621 bits per heavy atom. The molecule has 4 fully saturated rings. The molecule has 58 heavy (non-hydrogen) atoms. The zero-order valence-corrected chi connectivity index (χ0v) is 33.9. The van der Waals surface area contributed by atoms with Crippen LogP contribution in [0.25, 0.3) is 21.9 Å². The van der Waals surface area contributed by atoms with E-state index in [1.807, 2.05) is 24.3 Å². The van der Waals surface area contributed by atoms with Crippen LogP contribution in [0.5, 0.6) is 0 Å². The van der Waals surface area contributed by atoms with Crippen LogP contribution in [0.2, 0.25) is 0 Å². The van der Waals surface area contributed by atoms with Crippen molar-refractivity contribution < 1.29 is 29.0 Å². The summed E-state index contributed by atoms with van der Waals surface area (Å²) in [6.45, 7) is 14.8. The molecule has 1 atom stereocenters.